The van der Waals surface area contributed by atoms with Crippen LogP contribution in [0.1, 0.15) is 27.8 Å². The van der Waals surface area contributed by atoms with Gasteiger partial charge >= 0.3 is 0 Å². The van der Waals surface area contributed by atoms with Gasteiger partial charge in [0.05, 0.1) is 5.58 Å². The molecule has 0 fully saturated rings. The summed E-state index contributed by atoms with van der Waals surface area (Å²) in [6.45, 7) is 10.4. The Kier molecular flexibility index (Phi) is 8.00. The molecule has 0 amide bonds. The smallest absolute Gasteiger partial charge is 0.129 e. The number of hydrogen-bond donors (Lipinski definition) is 0. The monoisotopic (exact) mass is 717 g/mol. The molecule has 0 unspecified atom stereocenters. The van der Waals surface area contributed by atoms with Crippen molar-refractivity contribution in [2.24, 2.45) is 0 Å². The molecule has 3 aromatic carbocycles. The topological polar surface area (TPSA) is 38.9 Å². The number of thiophene rings is 1. The van der Waals surface area contributed by atoms with Crippen LogP contribution in [0.5, 0.6) is 0 Å². The van der Waals surface area contributed by atoms with Crippen molar-refractivity contribution < 1.29 is 24.5 Å². The standard InChI is InChI=1S/C21H14NOS.C14H14N.Ir/c1-12-10-18(22-11-13(12)2)16-5-3-4-14-15-6-7-19-17(8-9-24-19)21(15)23-20(14)16;1-10-4-6-13(7-5-10)14-8-11(2)12(3)9-15-14;/h3-4,6-11H,1-2H3;4-6,8-9H,1-3H3;/q2*-1;. The molecule has 0 aliphatic rings. The zero-order valence-electron chi connectivity index (χ0n) is 23.0. The number of rotatable bonds is 2. The van der Waals surface area contributed by atoms with E-state index in [4.69, 9.17) is 4.42 Å². The third-order valence-corrected chi connectivity index (χ3v) is 8.16. The molecule has 40 heavy (non-hydrogen) atoms. The van der Waals surface area contributed by atoms with E-state index in [9.17, 15) is 0 Å². The summed E-state index contributed by atoms with van der Waals surface area (Å²) in [5.41, 5.74) is 11.8. The molecule has 4 aromatic heterocycles. The van der Waals surface area contributed by atoms with Crippen molar-refractivity contribution in [1.82, 2.24) is 9.97 Å². The van der Waals surface area contributed by atoms with Gasteiger partial charge in [-0.05, 0) is 67.7 Å². The molecule has 0 spiro atoms. The Balaban J connectivity index is 0.000000175. The first-order valence-electron chi connectivity index (χ1n) is 13.0. The van der Waals surface area contributed by atoms with E-state index in [2.05, 4.69) is 111 Å². The average Bonchev–Trinajstić information content (AvgIpc) is 3.57. The molecule has 7 rings (SSSR count). The van der Waals surface area contributed by atoms with Crippen molar-refractivity contribution in [2.45, 2.75) is 34.6 Å². The zero-order chi connectivity index (χ0) is 27.1. The Morgan fingerprint density at radius 2 is 1.38 bits per heavy atom. The fourth-order valence-electron chi connectivity index (χ4n) is 4.63. The molecule has 201 valence electrons. The van der Waals surface area contributed by atoms with Crippen LogP contribution in [0.15, 0.2) is 82.9 Å². The Labute approximate surface area is 252 Å². The van der Waals surface area contributed by atoms with Crippen LogP contribution in [-0.2, 0) is 20.1 Å². The van der Waals surface area contributed by atoms with Crippen molar-refractivity contribution >= 4 is 43.4 Å². The van der Waals surface area contributed by atoms with Gasteiger partial charge < -0.3 is 14.4 Å². The van der Waals surface area contributed by atoms with Gasteiger partial charge in [0.25, 0.3) is 0 Å². The summed E-state index contributed by atoms with van der Waals surface area (Å²) < 4.78 is 7.56. The van der Waals surface area contributed by atoms with Gasteiger partial charge in [0.1, 0.15) is 5.58 Å². The van der Waals surface area contributed by atoms with Gasteiger partial charge in [-0.15, -0.1) is 64.9 Å². The first-order valence-corrected chi connectivity index (χ1v) is 13.9. The number of nitrogens with zero attached hydrogens (tertiary/aromatic N) is 2. The normalized spacial score (nSPS) is 10.9. The first-order chi connectivity index (χ1) is 18.9. The SMILES string of the molecule is Cc1c[c-]c(-c2cc(C)c(C)cn2)cc1.Cc1cnc(-c2[c-]ccc3c2oc2c4ccsc4ccc32)cc1C.[Ir]. The van der Waals surface area contributed by atoms with Crippen LogP contribution in [0.4, 0.5) is 0 Å². The molecule has 0 bridgehead atoms. The minimum absolute atomic E-state index is 0. The van der Waals surface area contributed by atoms with Crippen LogP contribution in [0.3, 0.4) is 0 Å². The molecule has 0 aliphatic carbocycles. The summed E-state index contributed by atoms with van der Waals surface area (Å²) in [6.07, 6.45) is 3.83. The molecular weight excluding hydrogens is 689 g/mol. The largest absolute Gasteiger partial charge is 0.500 e. The van der Waals surface area contributed by atoms with E-state index in [0.29, 0.717) is 0 Å². The Hall–Kier alpha value is -3.63. The Morgan fingerprint density at radius 3 is 2.08 bits per heavy atom. The third kappa shape index (κ3) is 5.25. The summed E-state index contributed by atoms with van der Waals surface area (Å²) in [5, 5.41) is 5.55. The van der Waals surface area contributed by atoms with Crippen LogP contribution >= 0.6 is 11.3 Å². The minimum Gasteiger partial charge on any atom is -0.500 e. The van der Waals surface area contributed by atoms with Gasteiger partial charge in [0, 0.05) is 48.0 Å². The number of furan rings is 1. The molecule has 4 heterocycles. The molecule has 0 saturated carbocycles. The molecule has 0 atom stereocenters. The van der Waals surface area contributed by atoms with Gasteiger partial charge in [-0.3, -0.25) is 0 Å². The van der Waals surface area contributed by atoms with E-state index in [1.807, 2.05) is 24.5 Å². The predicted octanol–water partition coefficient (Wildman–Crippen LogP) is 9.75. The maximum atomic E-state index is 6.32. The average molecular weight is 717 g/mol. The minimum atomic E-state index is 0. The molecule has 1 radical (unpaired) electrons. The van der Waals surface area contributed by atoms with Gasteiger partial charge in [-0.25, -0.2) is 0 Å². The maximum Gasteiger partial charge on any atom is 0.129 e. The fourth-order valence-corrected chi connectivity index (χ4v) is 5.41. The molecule has 5 heteroatoms. The van der Waals surface area contributed by atoms with Crippen molar-refractivity contribution in [2.75, 3.05) is 0 Å². The van der Waals surface area contributed by atoms with Crippen LogP contribution in [0.25, 0.3) is 54.5 Å². The van der Waals surface area contributed by atoms with Crippen molar-refractivity contribution in [3.05, 3.63) is 118 Å². The summed E-state index contributed by atoms with van der Waals surface area (Å²) in [5.74, 6) is 0. The number of aryl methyl sites for hydroxylation is 5. The van der Waals surface area contributed by atoms with E-state index in [-0.39, 0.29) is 20.1 Å². The van der Waals surface area contributed by atoms with Crippen LogP contribution in [-0.4, -0.2) is 9.97 Å². The summed E-state index contributed by atoms with van der Waals surface area (Å²) in [6, 6.07) is 27.4. The fraction of sp³-hybridized carbons (Fsp3) is 0.143. The van der Waals surface area contributed by atoms with Gasteiger partial charge in [0.2, 0.25) is 0 Å². The number of aromatic nitrogens is 2. The Morgan fingerprint density at radius 1 is 0.675 bits per heavy atom. The van der Waals surface area contributed by atoms with E-state index < -0.39 is 0 Å². The van der Waals surface area contributed by atoms with Gasteiger partial charge in [-0.1, -0.05) is 47.2 Å². The molecule has 3 nitrogen and oxygen atoms in total. The van der Waals surface area contributed by atoms with Crippen LogP contribution < -0.4 is 0 Å². The first kappa shape index (κ1) is 27.9. The quantitative estimate of drug-likeness (QED) is 0.167. The molecule has 0 N–H and O–H groups in total. The number of pyridine rings is 2. The summed E-state index contributed by atoms with van der Waals surface area (Å²) >= 11 is 1.74. The van der Waals surface area contributed by atoms with Crippen LogP contribution in [0.2, 0.25) is 0 Å². The number of benzene rings is 3. The van der Waals surface area contributed by atoms with Crippen molar-refractivity contribution in [1.29, 1.82) is 0 Å². The van der Waals surface area contributed by atoms with E-state index in [0.717, 1.165) is 44.5 Å². The van der Waals surface area contributed by atoms with E-state index in [1.165, 1.54) is 37.9 Å². The van der Waals surface area contributed by atoms with Crippen molar-refractivity contribution in [3.63, 3.8) is 0 Å². The molecule has 0 saturated heterocycles. The summed E-state index contributed by atoms with van der Waals surface area (Å²) in [7, 11) is 0. The zero-order valence-corrected chi connectivity index (χ0v) is 26.3. The van der Waals surface area contributed by atoms with Gasteiger partial charge in [0.15, 0.2) is 0 Å². The van der Waals surface area contributed by atoms with E-state index >= 15 is 0 Å². The molecular formula is C35H28IrN2OS-2. The predicted molar refractivity (Wildman–Crippen MR) is 163 cm³/mol. The second kappa shape index (κ2) is 11.5. The van der Waals surface area contributed by atoms with E-state index in [1.54, 1.807) is 11.3 Å². The molecule has 7 aromatic rings. The second-order valence-electron chi connectivity index (χ2n) is 10.1. The second-order valence-corrected chi connectivity index (χ2v) is 11.0. The Bertz CT molecular complexity index is 1970. The van der Waals surface area contributed by atoms with Crippen LogP contribution in [0, 0.1) is 46.8 Å². The summed E-state index contributed by atoms with van der Waals surface area (Å²) in [4.78, 5) is 9.00. The third-order valence-electron chi connectivity index (χ3n) is 7.27. The molecule has 0 aliphatic heterocycles. The number of hydrogen-bond acceptors (Lipinski definition) is 4. The number of fused-ring (bicyclic) bond motifs is 5. The maximum absolute atomic E-state index is 6.32. The van der Waals surface area contributed by atoms with Gasteiger partial charge in [-0.2, -0.15) is 0 Å². The van der Waals surface area contributed by atoms with Crippen molar-refractivity contribution in [3.8, 4) is 22.5 Å².